The van der Waals surface area contributed by atoms with Crippen LogP contribution in [0.25, 0.3) is 0 Å². The number of halogens is 3. The predicted octanol–water partition coefficient (Wildman–Crippen LogP) is 1.10. The molecule has 1 heterocycles. The second-order valence-corrected chi connectivity index (χ2v) is 2.46. The van der Waals surface area contributed by atoms with Crippen LogP contribution in [0.4, 0.5) is 13.2 Å². The summed E-state index contributed by atoms with van der Waals surface area (Å²) in [5.74, 6) is 0. The molecule has 0 aliphatic rings. The van der Waals surface area contributed by atoms with Crippen LogP contribution in [0.3, 0.4) is 0 Å². The smallest absolute Gasteiger partial charge is 0.315 e. The first-order valence-corrected chi connectivity index (χ1v) is 3.44. The molecule has 1 unspecified atom stereocenters. The largest absolute Gasteiger partial charge is 0.409 e. The van der Waals surface area contributed by atoms with E-state index in [1.54, 1.807) is 0 Å². The van der Waals surface area contributed by atoms with Crippen molar-refractivity contribution in [2.24, 2.45) is 5.73 Å². The third-order valence-electron chi connectivity index (χ3n) is 1.05. The van der Waals surface area contributed by atoms with Crippen LogP contribution in [-0.2, 0) is 0 Å². The van der Waals surface area contributed by atoms with Crippen molar-refractivity contribution < 1.29 is 13.2 Å². The topological polar surface area (TPSA) is 51.8 Å². The van der Waals surface area contributed by atoms with Crippen molar-refractivity contribution in [1.82, 2.24) is 9.59 Å². The van der Waals surface area contributed by atoms with Gasteiger partial charge in [-0.1, -0.05) is 4.49 Å². The summed E-state index contributed by atoms with van der Waals surface area (Å²) in [7, 11) is 0. The molecule has 2 N–H and O–H groups in total. The summed E-state index contributed by atoms with van der Waals surface area (Å²) in [4.78, 5) is 0. The number of hydrogen-bond acceptors (Lipinski definition) is 4. The Morgan fingerprint density at radius 2 is 2.18 bits per heavy atom. The molecular formula is C4H4F3N3S. The molecule has 3 nitrogen and oxygen atoms in total. The Bertz CT molecular complexity index is 219. The molecule has 0 saturated carbocycles. The van der Waals surface area contributed by atoms with Gasteiger partial charge in [-0.3, -0.25) is 0 Å². The third-order valence-corrected chi connectivity index (χ3v) is 1.57. The summed E-state index contributed by atoms with van der Waals surface area (Å²) in [6, 6.07) is -2.01. The average molecular weight is 183 g/mol. The lowest BCUT2D eigenvalue weighted by Crippen LogP contribution is -2.28. The van der Waals surface area contributed by atoms with Gasteiger partial charge in [0.1, 0.15) is 11.7 Å². The highest BCUT2D eigenvalue weighted by Gasteiger charge is 2.39. The molecular weight excluding hydrogens is 179 g/mol. The number of aromatic nitrogens is 2. The van der Waals surface area contributed by atoms with Crippen molar-refractivity contribution in [2.45, 2.75) is 12.2 Å². The molecule has 0 radical (unpaired) electrons. The van der Waals surface area contributed by atoms with Crippen LogP contribution in [0.1, 0.15) is 11.7 Å². The summed E-state index contributed by atoms with van der Waals surface area (Å²) in [6.45, 7) is 0. The number of hydrogen-bond donors (Lipinski definition) is 1. The fourth-order valence-corrected chi connectivity index (χ4v) is 0.965. The molecule has 1 rings (SSSR count). The molecule has 0 aliphatic heterocycles. The van der Waals surface area contributed by atoms with Crippen LogP contribution in [-0.4, -0.2) is 15.8 Å². The van der Waals surface area contributed by atoms with E-state index in [-0.39, 0.29) is 5.69 Å². The van der Waals surface area contributed by atoms with Gasteiger partial charge in [-0.25, -0.2) is 0 Å². The van der Waals surface area contributed by atoms with Gasteiger partial charge in [-0.2, -0.15) is 13.2 Å². The molecule has 11 heavy (non-hydrogen) atoms. The highest BCUT2D eigenvalue weighted by atomic mass is 32.1. The number of nitrogens with two attached hydrogens (primary N) is 1. The summed E-state index contributed by atoms with van der Waals surface area (Å²) in [5, 5.41) is 4.38. The second kappa shape index (κ2) is 2.74. The minimum Gasteiger partial charge on any atom is -0.315 e. The first-order valence-electron chi connectivity index (χ1n) is 2.61. The monoisotopic (exact) mass is 183 g/mol. The molecule has 62 valence electrons. The zero-order valence-electron chi connectivity index (χ0n) is 5.17. The molecule has 7 heteroatoms. The maximum Gasteiger partial charge on any atom is 0.409 e. The van der Waals surface area contributed by atoms with Gasteiger partial charge < -0.3 is 5.73 Å². The van der Waals surface area contributed by atoms with Crippen molar-refractivity contribution in [1.29, 1.82) is 0 Å². The van der Waals surface area contributed by atoms with E-state index in [9.17, 15) is 13.2 Å². The standard InChI is InChI=1S/C4H4F3N3S/c5-4(6,7)3(8)2-1-11-10-9-2/h1,3H,8H2. The Morgan fingerprint density at radius 3 is 2.55 bits per heavy atom. The van der Waals surface area contributed by atoms with E-state index >= 15 is 0 Å². The molecule has 1 aromatic heterocycles. The van der Waals surface area contributed by atoms with E-state index in [1.807, 2.05) is 0 Å². The van der Waals surface area contributed by atoms with Gasteiger partial charge in [-0.05, 0) is 11.5 Å². The predicted molar refractivity (Wildman–Crippen MR) is 32.9 cm³/mol. The molecule has 0 aliphatic carbocycles. The van der Waals surface area contributed by atoms with Crippen molar-refractivity contribution in [3.05, 3.63) is 11.1 Å². The number of rotatable bonds is 1. The Labute approximate surface area is 64.2 Å². The van der Waals surface area contributed by atoms with E-state index in [4.69, 9.17) is 5.73 Å². The molecule has 0 fully saturated rings. The molecule has 0 saturated heterocycles. The zero-order chi connectivity index (χ0) is 8.48. The highest BCUT2D eigenvalue weighted by molar-refractivity contribution is 7.03. The Morgan fingerprint density at radius 1 is 1.55 bits per heavy atom. The lowest BCUT2D eigenvalue weighted by Gasteiger charge is -2.11. The van der Waals surface area contributed by atoms with Crippen LogP contribution in [0.5, 0.6) is 0 Å². The van der Waals surface area contributed by atoms with Crippen molar-refractivity contribution in [3.8, 4) is 0 Å². The van der Waals surface area contributed by atoms with Crippen LogP contribution in [0.2, 0.25) is 0 Å². The van der Waals surface area contributed by atoms with Crippen LogP contribution in [0.15, 0.2) is 5.38 Å². The van der Waals surface area contributed by atoms with Gasteiger partial charge in [0, 0.05) is 5.38 Å². The van der Waals surface area contributed by atoms with Crippen molar-refractivity contribution in [3.63, 3.8) is 0 Å². The SMILES string of the molecule is NC(c1csnn1)C(F)(F)F. The first-order chi connectivity index (χ1) is 5.02. The van der Waals surface area contributed by atoms with E-state index in [2.05, 4.69) is 9.59 Å². The van der Waals surface area contributed by atoms with E-state index < -0.39 is 12.2 Å². The maximum absolute atomic E-state index is 11.8. The lowest BCUT2D eigenvalue weighted by atomic mass is 10.2. The molecule has 1 aromatic rings. The van der Waals surface area contributed by atoms with Gasteiger partial charge in [0.05, 0.1) is 0 Å². The Kier molecular flexibility index (Phi) is 2.10. The summed E-state index contributed by atoms with van der Waals surface area (Å²) in [6.07, 6.45) is -4.43. The van der Waals surface area contributed by atoms with Crippen molar-refractivity contribution >= 4 is 11.5 Å². The fraction of sp³-hybridized carbons (Fsp3) is 0.500. The van der Waals surface area contributed by atoms with E-state index in [0.29, 0.717) is 0 Å². The summed E-state index contributed by atoms with van der Waals surface area (Å²) in [5.41, 5.74) is 4.56. The van der Waals surface area contributed by atoms with E-state index in [1.165, 1.54) is 5.38 Å². The Balaban J connectivity index is 2.78. The fourth-order valence-electron chi connectivity index (χ4n) is 0.475. The first kappa shape index (κ1) is 8.41. The van der Waals surface area contributed by atoms with Gasteiger partial charge in [-0.15, -0.1) is 5.10 Å². The second-order valence-electron chi connectivity index (χ2n) is 1.85. The number of alkyl halides is 3. The molecule has 0 amide bonds. The minimum absolute atomic E-state index is 0.234. The van der Waals surface area contributed by atoms with Crippen molar-refractivity contribution in [2.75, 3.05) is 0 Å². The average Bonchev–Trinajstić information content (AvgIpc) is 2.34. The quantitative estimate of drug-likeness (QED) is 0.709. The lowest BCUT2D eigenvalue weighted by molar-refractivity contribution is -0.149. The summed E-state index contributed by atoms with van der Waals surface area (Å²) < 4.78 is 38.7. The molecule has 0 bridgehead atoms. The number of nitrogens with zero attached hydrogens (tertiary/aromatic N) is 2. The Hall–Kier alpha value is -0.690. The van der Waals surface area contributed by atoms with Gasteiger partial charge >= 0.3 is 6.18 Å². The zero-order valence-corrected chi connectivity index (χ0v) is 5.99. The van der Waals surface area contributed by atoms with Gasteiger partial charge in [0.25, 0.3) is 0 Å². The van der Waals surface area contributed by atoms with Crippen LogP contribution < -0.4 is 5.73 Å². The van der Waals surface area contributed by atoms with Gasteiger partial charge in [0.15, 0.2) is 0 Å². The maximum atomic E-state index is 11.8. The van der Waals surface area contributed by atoms with Gasteiger partial charge in [0.2, 0.25) is 0 Å². The molecule has 0 spiro atoms. The normalized spacial score (nSPS) is 14.9. The summed E-state index contributed by atoms with van der Waals surface area (Å²) >= 11 is 0.843. The van der Waals surface area contributed by atoms with Crippen LogP contribution >= 0.6 is 11.5 Å². The minimum atomic E-state index is -4.43. The molecule has 0 aromatic carbocycles. The highest BCUT2D eigenvalue weighted by Crippen LogP contribution is 2.29. The van der Waals surface area contributed by atoms with E-state index in [0.717, 1.165) is 11.5 Å². The van der Waals surface area contributed by atoms with Crippen LogP contribution in [0, 0.1) is 0 Å². The molecule has 1 atom stereocenters. The third kappa shape index (κ3) is 1.87.